The van der Waals surface area contributed by atoms with Crippen molar-refractivity contribution < 1.29 is 37.7 Å². The zero-order valence-corrected chi connectivity index (χ0v) is 19.4. The number of ether oxygens (including phenoxy) is 1. The molecule has 3 aliphatic rings. The number of fused-ring (bicyclic) bond motifs is 3. The predicted molar refractivity (Wildman–Crippen MR) is 120 cm³/mol. The molecule has 5 N–H and O–H groups in total. The summed E-state index contributed by atoms with van der Waals surface area (Å²) in [5.74, 6) is -0.0366. The number of halogens is 3. The summed E-state index contributed by atoms with van der Waals surface area (Å²) >= 11 is 0. The molecule has 14 heteroatoms. The number of nitrogens with one attached hydrogen (secondary N) is 3. The van der Waals surface area contributed by atoms with E-state index in [1.807, 2.05) is 5.32 Å². The molecule has 1 aromatic rings. The minimum atomic E-state index is -4.55. The highest BCUT2D eigenvalue weighted by atomic mass is 19.4. The fourth-order valence-corrected chi connectivity index (χ4v) is 4.38. The van der Waals surface area contributed by atoms with E-state index in [1.165, 1.54) is 23.2 Å². The number of dihydropyridines is 1. The van der Waals surface area contributed by atoms with E-state index >= 15 is 0 Å². The van der Waals surface area contributed by atoms with Crippen LogP contribution in [0.4, 0.5) is 23.8 Å². The van der Waals surface area contributed by atoms with Crippen molar-refractivity contribution in [3.05, 3.63) is 41.5 Å². The monoisotopic (exact) mass is 512 g/mol. The molecule has 36 heavy (non-hydrogen) atoms. The summed E-state index contributed by atoms with van der Waals surface area (Å²) in [5.41, 5.74) is 1.38. The van der Waals surface area contributed by atoms with Crippen molar-refractivity contribution in [2.24, 2.45) is 0 Å². The molecule has 3 amide bonds. The van der Waals surface area contributed by atoms with Crippen molar-refractivity contribution >= 4 is 17.8 Å². The Labute approximate surface area is 204 Å². The Kier molecular flexibility index (Phi) is 7.26. The topological polar surface area (TPSA) is 139 Å². The van der Waals surface area contributed by atoms with Gasteiger partial charge in [0, 0.05) is 25.4 Å². The van der Waals surface area contributed by atoms with Gasteiger partial charge in [-0.05, 0) is 31.1 Å². The highest BCUT2D eigenvalue weighted by molar-refractivity contribution is 5.91. The number of allylic oxidation sites excluding steroid dienone is 1. The SMILES string of the molecule is CC1=CC(C(=O)NCC(F)(F)F)NC2=C1N1CC[C@@H](C1)N2C(=O)Nc1cc(OC[C@H](O)CO)ccn1. The van der Waals surface area contributed by atoms with Crippen LogP contribution in [-0.2, 0) is 4.79 Å². The van der Waals surface area contributed by atoms with Crippen LogP contribution in [-0.4, -0.2) is 94.1 Å². The summed E-state index contributed by atoms with van der Waals surface area (Å²) in [7, 11) is 0. The van der Waals surface area contributed by atoms with Crippen molar-refractivity contribution in [3.8, 4) is 5.75 Å². The number of aromatic nitrogens is 1. The lowest BCUT2D eigenvalue weighted by Gasteiger charge is -2.42. The van der Waals surface area contributed by atoms with Gasteiger partial charge in [-0.1, -0.05) is 0 Å². The summed E-state index contributed by atoms with van der Waals surface area (Å²) in [6.07, 6.45) is -1.99. The van der Waals surface area contributed by atoms with Gasteiger partial charge in [0.2, 0.25) is 5.91 Å². The van der Waals surface area contributed by atoms with Crippen LogP contribution in [0.25, 0.3) is 0 Å². The normalized spacial score (nSPS) is 21.9. The van der Waals surface area contributed by atoms with Gasteiger partial charge < -0.3 is 30.5 Å². The second-order valence-electron chi connectivity index (χ2n) is 8.71. The summed E-state index contributed by atoms with van der Waals surface area (Å²) in [4.78, 5) is 33.5. The summed E-state index contributed by atoms with van der Waals surface area (Å²) < 4.78 is 43.1. The van der Waals surface area contributed by atoms with Gasteiger partial charge in [-0.15, -0.1) is 0 Å². The van der Waals surface area contributed by atoms with Gasteiger partial charge >= 0.3 is 12.2 Å². The minimum absolute atomic E-state index is 0.151. The van der Waals surface area contributed by atoms with Gasteiger partial charge in [0.15, 0.2) is 0 Å². The maximum atomic E-state index is 13.4. The average Bonchev–Trinajstić information content (AvgIpc) is 3.23. The smallest absolute Gasteiger partial charge is 0.405 e. The third-order valence-corrected chi connectivity index (χ3v) is 5.98. The second kappa shape index (κ2) is 10.2. The highest BCUT2D eigenvalue weighted by Crippen LogP contribution is 2.36. The molecule has 1 aromatic heterocycles. The van der Waals surface area contributed by atoms with Gasteiger partial charge in [-0.25, -0.2) is 9.78 Å². The Morgan fingerprint density at radius 3 is 2.89 bits per heavy atom. The largest absolute Gasteiger partial charge is 0.491 e. The number of carbonyl (C=O) groups excluding carboxylic acids is 2. The van der Waals surface area contributed by atoms with Crippen LogP contribution >= 0.6 is 0 Å². The molecule has 0 aromatic carbocycles. The number of aliphatic hydroxyl groups excluding tert-OH is 2. The number of urea groups is 1. The number of rotatable bonds is 7. The first-order valence-electron chi connectivity index (χ1n) is 11.3. The number of amides is 3. The molecular weight excluding hydrogens is 485 g/mol. The number of carbonyl (C=O) groups is 2. The summed E-state index contributed by atoms with van der Waals surface area (Å²) in [5, 5.41) is 25.9. The number of pyridine rings is 1. The standard InChI is InChI=1S/C22H27F3N6O5/c1-12-6-16(20(34)27-11-22(23,24)25)28-19-18(12)30-5-3-13(8-30)31(19)21(35)29-17-7-15(2-4-26-17)36-10-14(33)9-32/h2,4,6-7,13-14,16,28,32-33H,3,5,8-11H2,1H3,(H,27,34)(H,26,29,35)/t13-,14+,16?/m0/s1. The van der Waals surface area contributed by atoms with Crippen LogP contribution in [0.5, 0.6) is 5.75 Å². The molecule has 0 aliphatic carbocycles. The van der Waals surface area contributed by atoms with E-state index in [1.54, 1.807) is 13.0 Å². The van der Waals surface area contributed by atoms with E-state index in [0.29, 0.717) is 42.4 Å². The average molecular weight is 512 g/mol. The molecule has 11 nitrogen and oxygen atoms in total. The van der Waals surface area contributed by atoms with Gasteiger partial charge in [0.1, 0.15) is 42.7 Å². The molecule has 196 valence electrons. The second-order valence-corrected chi connectivity index (χ2v) is 8.71. The number of hydrogen-bond acceptors (Lipinski definition) is 8. The molecule has 3 atom stereocenters. The first-order chi connectivity index (χ1) is 17.1. The van der Waals surface area contributed by atoms with Crippen LogP contribution in [0.1, 0.15) is 13.3 Å². The van der Waals surface area contributed by atoms with Crippen molar-refractivity contribution in [3.63, 3.8) is 0 Å². The lowest BCUT2D eigenvalue weighted by molar-refractivity contribution is -0.138. The van der Waals surface area contributed by atoms with Crippen molar-refractivity contribution in [2.45, 2.75) is 37.7 Å². The van der Waals surface area contributed by atoms with Crippen LogP contribution < -0.4 is 20.7 Å². The van der Waals surface area contributed by atoms with E-state index in [0.717, 1.165) is 0 Å². The molecule has 1 unspecified atom stereocenters. The molecule has 4 rings (SSSR count). The number of anilines is 1. The number of nitrogens with zero attached hydrogens (tertiary/aromatic N) is 3. The molecule has 2 bridgehead atoms. The molecule has 0 radical (unpaired) electrons. The molecule has 4 heterocycles. The third kappa shape index (κ3) is 5.65. The quantitative estimate of drug-likeness (QED) is 0.356. The van der Waals surface area contributed by atoms with E-state index in [-0.39, 0.29) is 18.5 Å². The van der Waals surface area contributed by atoms with E-state index in [4.69, 9.17) is 9.84 Å². The van der Waals surface area contributed by atoms with Crippen molar-refractivity contribution in [2.75, 3.05) is 38.2 Å². The molecule has 0 saturated carbocycles. The Balaban J connectivity index is 1.51. The maximum Gasteiger partial charge on any atom is 0.405 e. The van der Waals surface area contributed by atoms with E-state index < -0.39 is 43.4 Å². The van der Waals surface area contributed by atoms with Crippen LogP contribution in [0.3, 0.4) is 0 Å². The Hall–Kier alpha value is -3.52. The lowest BCUT2D eigenvalue weighted by Crippen LogP contribution is -2.56. The molecule has 1 saturated heterocycles. The summed E-state index contributed by atoms with van der Waals surface area (Å²) in [6.45, 7) is 0.926. The molecule has 3 aliphatic heterocycles. The number of hydrogen-bond donors (Lipinski definition) is 5. The Morgan fingerprint density at radius 2 is 2.17 bits per heavy atom. The molecule has 1 fully saturated rings. The Morgan fingerprint density at radius 1 is 1.39 bits per heavy atom. The van der Waals surface area contributed by atoms with Gasteiger partial charge in [-0.3, -0.25) is 15.0 Å². The zero-order chi connectivity index (χ0) is 26.0. The highest BCUT2D eigenvalue weighted by Gasteiger charge is 2.44. The van der Waals surface area contributed by atoms with Crippen LogP contribution in [0, 0.1) is 0 Å². The fourth-order valence-electron chi connectivity index (χ4n) is 4.38. The van der Waals surface area contributed by atoms with Gasteiger partial charge in [-0.2, -0.15) is 13.2 Å². The minimum Gasteiger partial charge on any atom is -0.491 e. The van der Waals surface area contributed by atoms with Crippen LogP contribution in [0.2, 0.25) is 0 Å². The number of aliphatic hydroxyl groups is 2. The van der Waals surface area contributed by atoms with Crippen molar-refractivity contribution in [1.82, 2.24) is 25.4 Å². The first kappa shape index (κ1) is 25.6. The maximum absolute atomic E-state index is 13.4. The zero-order valence-electron chi connectivity index (χ0n) is 19.4. The van der Waals surface area contributed by atoms with Crippen molar-refractivity contribution in [1.29, 1.82) is 0 Å². The third-order valence-electron chi connectivity index (χ3n) is 5.98. The van der Waals surface area contributed by atoms with E-state index in [9.17, 15) is 27.9 Å². The Bertz CT molecular complexity index is 1080. The summed E-state index contributed by atoms with van der Waals surface area (Å²) in [6, 6.07) is 1.13. The fraction of sp³-hybridized carbons (Fsp3) is 0.500. The van der Waals surface area contributed by atoms with Crippen LogP contribution in [0.15, 0.2) is 41.5 Å². The lowest BCUT2D eigenvalue weighted by atomic mass is 10.0. The molecule has 0 spiro atoms. The predicted octanol–water partition coefficient (Wildman–Crippen LogP) is 0.501. The first-order valence-corrected chi connectivity index (χ1v) is 11.3. The number of alkyl halides is 3. The van der Waals surface area contributed by atoms with E-state index in [2.05, 4.69) is 20.5 Å². The molecular formula is C22H27F3N6O5. The van der Waals surface area contributed by atoms with Gasteiger partial charge in [0.25, 0.3) is 0 Å². The van der Waals surface area contributed by atoms with Gasteiger partial charge in [0.05, 0.1) is 18.3 Å².